The summed E-state index contributed by atoms with van der Waals surface area (Å²) in [6.45, 7) is -1.29. The van der Waals surface area contributed by atoms with Crippen molar-refractivity contribution in [2.45, 2.75) is 37.9 Å². The number of aliphatic hydroxyl groups excluding tert-OH is 1. The SMILES string of the molecule is COC(Oc1cccc2ccccc12)=C(C)N[P@@](O)(=S)OC[C@H]1O[C@@H](n2ccc(=O)[nH]c2=O)[C@](C)(O)[C@@H]1O. The minimum atomic E-state index is -3.72. The highest BCUT2D eigenvalue weighted by atomic mass is 32.5. The number of rotatable bonds is 9. The lowest BCUT2D eigenvalue weighted by Gasteiger charge is -2.27. The van der Waals surface area contributed by atoms with Crippen molar-refractivity contribution in [3.8, 4) is 5.75 Å². The van der Waals surface area contributed by atoms with Gasteiger partial charge in [-0.1, -0.05) is 36.4 Å². The third-order valence-electron chi connectivity index (χ3n) is 6.03. The second-order valence-corrected chi connectivity index (χ2v) is 11.8. The summed E-state index contributed by atoms with van der Waals surface area (Å²) in [5, 5.41) is 26.0. The Morgan fingerprint density at radius 3 is 2.66 bits per heavy atom. The maximum absolute atomic E-state index is 12.2. The van der Waals surface area contributed by atoms with Crippen molar-refractivity contribution in [2.75, 3.05) is 13.7 Å². The number of allylic oxidation sites excluding steroid dienone is 1. The molecule has 38 heavy (non-hydrogen) atoms. The lowest BCUT2D eigenvalue weighted by molar-refractivity contribution is -0.0984. The quantitative estimate of drug-likeness (QED) is 0.188. The number of aromatic amines is 1. The van der Waals surface area contributed by atoms with E-state index in [1.54, 1.807) is 13.0 Å². The van der Waals surface area contributed by atoms with Gasteiger partial charge in [0.05, 0.1) is 19.4 Å². The first-order valence-electron chi connectivity index (χ1n) is 11.5. The Balaban J connectivity index is 1.46. The Bertz CT molecular complexity index is 1510. The number of fused-ring (bicyclic) bond motifs is 1. The van der Waals surface area contributed by atoms with Gasteiger partial charge >= 0.3 is 11.6 Å². The van der Waals surface area contributed by atoms with E-state index in [0.717, 1.165) is 27.6 Å². The molecule has 4 rings (SSSR count). The van der Waals surface area contributed by atoms with Gasteiger partial charge in [0.25, 0.3) is 12.2 Å². The second kappa shape index (κ2) is 11.0. The van der Waals surface area contributed by atoms with Crippen LogP contribution in [0.3, 0.4) is 0 Å². The van der Waals surface area contributed by atoms with Crippen molar-refractivity contribution in [3.63, 3.8) is 0 Å². The van der Waals surface area contributed by atoms with Gasteiger partial charge in [0.15, 0.2) is 6.23 Å². The van der Waals surface area contributed by atoms with E-state index in [9.17, 15) is 24.7 Å². The van der Waals surface area contributed by atoms with Gasteiger partial charge in [-0.2, -0.15) is 0 Å². The van der Waals surface area contributed by atoms with Crippen LogP contribution < -0.4 is 21.1 Å². The molecule has 0 amide bonds. The number of benzene rings is 2. The van der Waals surface area contributed by atoms with Crippen LogP contribution in [0.25, 0.3) is 10.8 Å². The molecule has 204 valence electrons. The second-order valence-electron chi connectivity index (χ2n) is 8.84. The molecule has 3 aromatic rings. The fourth-order valence-corrected chi connectivity index (χ4v) is 5.63. The molecule has 0 saturated carbocycles. The molecule has 0 unspecified atom stereocenters. The first-order chi connectivity index (χ1) is 17.9. The van der Waals surface area contributed by atoms with Crippen LogP contribution in [0, 0.1) is 0 Å². The number of H-pyrrole nitrogens is 1. The van der Waals surface area contributed by atoms with E-state index in [-0.39, 0.29) is 11.6 Å². The fourth-order valence-electron chi connectivity index (χ4n) is 4.11. The van der Waals surface area contributed by atoms with Crippen LogP contribution in [-0.4, -0.2) is 56.2 Å². The summed E-state index contributed by atoms with van der Waals surface area (Å²) < 4.78 is 23.4. The zero-order valence-electron chi connectivity index (χ0n) is 20.7. The fraction of sp³-hybridized carbons (Fsp3) is 0.333. The van der Waals surface area contributed by atoms with Crippen LogP contribution in [0.15, 0.2) is 76.0 Å². The number of ether oxygens (including phenoxy) is 3. The van der Waals surface area contributed by atoms with E-state index >= 15 is 0 Å². The van der Waals surface area contributed by atoms with Crippen LogP contribution in [-0.2, 0) is 25.8 Å². The molecule has 5 N–H and O–H groups in total. The number of methoxy groups -OCH3 is 1. The Morgan fingerprint density at radius 2 is 1.95 bits per heavy atom. The molecule has 2 heterocycles. The van der Waals surface area contributed by atoms with Crippen LogP contribution >= 0.6 is 6.64 Å². The predicted octanol–water partition coefficient (Wildman–Crippen LogP) is 1.44. The monoisotopic (exact) mass is 565 g/mol. The largest absolute Gasteiger partial charge is 0.467 e. The van der Waals surface area contributed by atoms with Gasteiger partial charge in [0.2, 0.25) is 0 Å². The smallest absolute Gasteiger partial charge is 0.330 e. The van der Waals surface area contributed by atoms with Gasteiger partial charge in [0.1, 0.15) is 23.6 Å². The Kier molecular flexibility index (Phi) is 8.09. The molecular formula is C24H28N3O9PS. The van der Waals surface area contributed by atoms with Crippen molar-refractivity contribution in [2.24, 2.45) is 0 Å². The van der Waals surface area contributed by atoms with Crippen LogP contribution in [0.1, 0.15) is 20.1 Å². The molecule has 0 radical (unpaired) electrons. The standard InChI is InChI=1S/C24H28N3O9PS/c1-14(21(33-3)35-17-10-6-8-15-7-4-5-9-16(15)17)26-37(32,38)34-13-18-20(29)24(2,31)22(36-18)27-12-11-19(28)25-23(27)30/h4-12,18,20,22,29,31H,13H2,1-3H3,(H,25,28,30)(H2,26,32,38)/t18-,20-,22-,24-,37+/m1/s1. The number of hydrogen-bond acceptors (Lipinski definition) is 9. The van der Waals surface area contributed by atoms with Gasteiger partial charge in [-0.3, -0.25) is 14.3 Å². The highest BCUT2D eigenvalue weighted by Crippen LogP contribution is 2.43. The number of hydrogen-bond donors (Lipinski definition) is 5. The number of nitrogens with one attached hydrogen (secondary N) is 2. The molecular weight excluding hydrogens is 537 g/mol. The first-order valence-corrected chi connectivity index (χ1v) is 14.1. The van der Waals surface area contributed by atoms with Crippen molar-refractivity contribution < 1.29 is 33.8 Å². The van der Waals surface area contributed by atoms with Crippen molar-refractivity contribution in [1.29, 1.82) is 0 Å². The van der Waals surface area contributed by atoms with Crippen molar-refractivity contribution >= 4 is 29.2 Å². The molecule has 0 spiro atoms. The molecule has 1 aromatic heterocycles. The van der Waals surface area contributed by atoms with E-state index in [1.807, 2.05) is 36.4 Å². The van der Waals surface area contributed by atoms with Gasteiger partial charge in [-0.15, -0.1) is 0 Å². The van der Waals surface area contributed by atoms with Crippen LogP contribution in [0.4, 0.5) is 0 Å². The Labute approximate surface area is 222 Å². The maximum Gasteiger partial charge on any atom is 0.330 e. The molecule has 2 aromatic carbocycles. The molecule has 1 aliphatic heterocycles. The van der Waals surface area contributed by atoms with Crippen molar-refractivity contribution in [3.05, 3.63) is 87.2 Å². The topological polar surface area (TPSA) is 164 Å². The number of aromatic nitrogens is 2. The maximum atomic E-state index is 12.2. The number of nitrogens with zero attached hydrogens (tertiary/aromatic N) is 1. The summed E-state index contributed by atoms with van der Waals surface area (Å²) in [7, 11) is 1.40. The predicted molar refractivity (Wildman–Crippen MR) is 142 cm³/mol. The highest BCUT2D eigenvalue weighted by Gasteiger charge is 2.53. The normalized spacial score (nSPS) is 25.5. The van der Waals surface area contributed by atoms with Crippen LogP contribution in [0.2, 0.25) is 0 Å². The van der Waals surface area contributed by atoms with Crippen LogP contribution in [0.5, 0.6) is 5.75 Å². The average Bonchev–Trinajstić information content (AvgIpc) is 3.09. The van der Waals surface area contributed by atoms with Gasteiger partial charge in [0, 0.05) is 17.6 Å². The van der Waals surface area contributed by atoms with E-state index in [0.29, 0.717) is 5.75 Å². The van der Waals surface area contributed by atoms with E-state index in [2.05, 4.69) is 10.1 Å². The van der Waals surface area contributed by atoms with Gasteiger partial charge in [-0.05, 0) is 37.1 Å². The lowest BCUT2D eigenvalue weighted by Crippen LogP contribution is -2.46. The minimum absolute atomic E-state index is 0.0471. The molecule has 12 nitrogen and oxygen atoms in total. The summed E-state index contributed by atoms with van der Waals surface area (Å²) in [6, 6.07) is 14.3. The summed E-state index contributed by atoms with van der Waals surface area (Å²) in [5.41, 5.74) is -3.12. The number of aliphatic hydroxyl groups is 2. The summed E-state index contributed by atoms with van der Waals surface area (Å²) in [4.78, 5) is 36.4. The zero-order chi connectivity index (χ0) is 27.7. The minimum Gasteiger partial charge on any atom is -0.467 e. The average molecular weight is 566 g/mol. The molecule has 5 atom stereocenters. The van der Waals surface area contributed by atoms with E-state index in [1.165, 1.54) is 14.0 Å². The van der Waals surface area contributed by atoms with E-state index < -0.39 is 48.5 Å². The third kappa shape index (κ3) is 5.84. The highest BCUT2D eigenvalue weighted by molar-refractivity contribution is 8.08. The first kappa shape index (κ1) is 28.0. The Hall–Kier alpha value is -3.03. The van der Waals surface area contributed by atoms with Gasteiger partial charge < -0.3 is 38.9 Å². The molecule has 1 saturated heterocycles. The third-order valence-corrected chi connectivity index (χ3v) is 7.73. The molecule has 0 bridgehead atoms. The summed E-state index contributed by atoms with van der Waals surface area (Å²) >= 11 is 5.21. The molecule has 14 heteroatoms. The zero-order valence-corrected chi connectivity index (χ0v) is 22.4. The molecule has 1 fully saturated rings. The molecule has 1 aliphatic rings. The molecule has 0 aliphatic carbocycles. The summed E-state index contributed by atoms with van der Waals surface area (Å²) in [5.74, 6) is 0.576. The van der Waals surface area contributed by atoms with Crippen molar-refractivity contribution in [1.82, 2.24) is 14.6 Å². The van der Waals surface area contributed by atoms with E-state index in [4.69, 9.17) is 30.5 Å². The Morgan fingerprint density at radius 1 is 1.24 bits per heavy atom. The lowest BCUT2D eigenvalue weighted by atomic mass is 9.96. The summed E-state index contributed by atoms with van der Waals surface area (Å²) in [6.07, 6.45) is -2.87. The van der Waals surface area contributed by atoms with Gasteiger partial charge in [-0.25, -0.2) is 4.79 Å².